The van der Waals surface area contributed by atoms with E-state index < -0.39 is 23.8 Å². The molecule has 2 aromatic rings. The van der Waals surface area contributed by atoms with Crippen molar-refractivity contribution in [1.29, 1.82) is 0 Å². The highest BCUT2D eigenvalue weighted by molar-refractivity contribution is 6.03. The van der Waals surface area contributed by atoms with Crippen LogP contribution in [0.4, 0.5) is 23.2 Å². The van der Waals surface area contributed by atoms with Crippen molar-refractivity contribution in [2.45, 2.75) is 19.2 Å². The van der Waals surface area contributed by atoms with Crippen LogP contribution in [0.3, 0.4) is 0 Å². The molecule has 2 aliphatic rings. The molecule has 1 unspecified atom stereocenters. The minimum atomic E-state index is -4.92. The summed E-state index contributed by atoms with van der Waals surface area (Å²) in [7, 11) is 1.54. The smallest absolute Gasteiger partial charge is 0.495 e. The predicted molar refractivity (Wildman–Crippen MR) is 104 cm³/mol. The number of fused-ring (bicyclic) bond motifs is 1. The van der Waals surface area contributed by atoms with Crippen molar-refractivity contribution in [3.63, 3.8) is 0 Å². The van der Waals surface area contributed by atoms with E-state index in [1.165, 1.54) is 7.11 Å². The van der Waals surface area contributed by atoms with E-state index in [0.29, 0.717) is 50.1 Å². The highest BCUT2D eigenvalue weighted by atomic mass is 19.4. The molecule has 0 radical (unpaired) electrons. The fourth-order valence-corrected chi connectivity index (χ4v) is 4.18. The lowest BCUT2D eigenvalue weighted by Gasteiger charge is -2.30. The maximum Gasteiger partial charge on any atom is 0.573 e. The second-order valence-electron chi connectivity index (χ2n) is 7.59. The third kappa shape index (κ3) is 4.76. The van der Waals surface area contributed by atoms with Crippen molar-refractivity contribution in [1.82, 2.24) is 0 Å². The number of alkyl halides is 3. The Kier molecular flexibility index (Phi) is 5.79. The van der Waals surface area contributed by atoms with Crippen LogP contribution in [-0.4, -0.2) is 45.6 Å². The SMILES string of the molecule is COc1cc2c(cc1N1CCOCC1)CC(Cc1cc(F)cc(OC(F)(F)F)c1)C2=O. The van der Waals surface area contributed by atoms with Gasteiger partial charge in [0.2, 0.25) is 0 Å². The first-order valence-corrected chi connectivity index (χ1v) is 9.86. The number of carbonyl (C=O) groups excluding carboxylic acids is 1. The first-order chi connectivity index (χ1) is 14.7. The molecule has 0 N–H and O–H groups in total. The van der Waals surface area contributed by atoms with Gasteiger partial charge < -0.3 is 19.1 Å². The molecule has 9 heteroatoms. The molecule has 0 bridgehead atoms. The number of anilines is 1. The molecule has 1 saturated heterocycles. The second-order valence-corrected chi connectivity index (χ2v) is 7.59. The van der Waals surface area contributed by atoms with Gasteiger partial charge in [-0.1, -0.05) is 0 Å². The standard InChI is InChI=1S/C22H21F4NO4/c1-29-20-12-18-14(10-19(20)27-2-4-30-5-3-27)9-15(21(18)28)6-13-7-16(23)11-17(8-13)31-22(24,25)26/h7-8,10-12,15H,2-6,9H2,1H3. The Morgan fingerprint density at radius 2 is 1.87 bits per heavy atom. The number of morpholine rings is 1. The molecule has 0 aromatic heterocycles. The van der Waals surface area contributed by atoms with Crippen molar-refractivity contribution >= 4 is 11.5 Å². The van der Waals surface area contributed by atoms with Crippen LogP contribution in [0.5, 0.6) is 11.5 Å². The Morgan fingerprint density at radius 1 is 1.13 bits per heavy atom. The Bertz CT molecular complexity index is 986. The fourth-order valence-electron chi connectivity index (χ4n) is 4.18. The number of Topliss-reactive ketones (excluding diaryl/α,β-unsaturated/α-hetero) is 1. The Balaban J connectivity index is 1.57. The van der Waals surface area contributed by atoms with Gasteiger partial charge >= 0.3 is 6.36 Å². The molecule has 1 atom stereocenters. The van der Waals surface area contributed by atoms with Crippen LogP contribution in [0.15, 0.2) is 30.3 Å². The molecule has 1 aliphatic heterocycles. The lowest BCUT2D eigenvalue weighted by molar-refractivity contribution is -0.274. The first-order valence-electron chi connectivity index (χ1n) is 9.86. The normalized spacial score (nSPS) is 18.8. The van der Waals surface area contributed by atoms with E-state index in [9.17, 15) is 22.4 Å². The molecule has 1 heterocycles. The van der Waals surface area contributed by atoms with Gasteiger partial charge in [-0.15, -0.1) is 13.2 Å². The summed E-state index contributed by atoms with van der Waals surface area (Å²) < 4.78 is 66.0. The summed E-state index contributed by atoms with van der Waals surface area (Å²) in [6, 6.07) is 6.56. The molecule has 4 rings (SSSR count). The van der Waals surface area contributed by atoms with Crippen LogP contribution in [0.1, 0.15) is 21.5 Å². The number of hydrogen-bond donors (Lipinski definition) is 0. The molecule has 166 valence electrons. The number of methoxy groups -OCH3 is 1. The number of ether oxygens (including phenoxy) is 3. The third-order valence-corrected chi connectivity index (χ3v) is 5.51. The van der Waals surface area contributed by atoms with Gasteiger partial charge in [0.1, 0.15) is 17.3 Å². The van der Waals surface area contributed by atoms with Gasteiger partial charge in [0.15, 0.2) is 5.78 Å². The highest BCUT2D eigenvalue weighted by Gasteiger charge is 2.34. The molecule has 0 saturated carbocycles. The Morgan fingerprint density at radius 3 is 2.55 bits per heavy atom. The van der Waals surface area contributed by atoms with Crippen LogP contribution in [0.2, 0.25) is 0 Å². The van der Waals surface area contributed by atoms with E-state index in [2.05, 4.69) is 9.64 Å². The van der Waals surface area contributed by atoms with Crippen LogP contribution in [0.25, 0.3) is 0 Å². The van der Waals surface area contributed by atoms with E-state index in [-0.39, 0.29) is 17.8 Å². The first kappa shape index (κ1) is 21.4. The molecular formula is C22H21F4NO4. The predicted octanol–water partition coefficient (Wildman–Crippen LogP) is 4.17. The summed E-state index contributed by atoms with van der Waals surface area (Å²) in [6.07, 6.45) is -4.40. The molecule has 0 amide bonds. The topological polar surface area (TPSA) is 48.0 Å². The molecule has 5 nitrogen and oxygen atoms in total. The average Bonchev–Trinajstić information content (AvgIpc) is 3.00. The van der Waals surface area contributed by atoms with Gasteiger partial charge in [-0.3, -0.25) is 4.79 Å². The molecule has 1 aliphatic carbocycles. The van der Waals surface area contributed by atoms with E-state index in [1.807, 2.05) is 6.07 Å². The highest BCUT2D eigenvalue weighted by Crippen LogP contribution is 2.39. The maximum absolute atomic E-state index is 13.8. The zero-order valence-corrected chi connectivity index (χ0v) is 16.8. The van der Waals surface area contributed by atoms with E-state index >= 15 is 0 Å². The van der Waals surface area contributed by atoms with E-state index in [1.54, 1.807) is 6.07 Å². The number of carbonyl (C=O) groups is 1. The van der Waals surface area contributed by atoms with Crippen LogP contribution < -0.4 is 14.4 Å². The molecule has 0 spiro atoms. The number of rotatable bonds is 5. The average molecular weight is 439 g/mol. The summed E-state index contributed by atoms with van der Waals surface area (Å²) in [5.74, 6) is -1.54. The number of ketones is 1. The third-order valence-electron chi connectivity index (χ3n) is 5.51. The summed E-state index contributed by atoms with van der Waals surface area (Å²) in [4.78, 5) is 15.1. The van der Waals surface area contributed by atoms with Crippen molar-refractivity contribution in [2.75, 3.05) is 38.3 Å². The van der Waals surface area contributed by atoms with Crippen LogP contribution in [-0.2, 0) is 17.6 Å². The number of halogens is 4. The number of hydrogen-bond acceptors (Lipinski definition) is 5. The van der Waals surface area contributed by atoms with Crippen molar-refractivity contribution in [2.24, 2.45) is 5.92 Å². The summed E-state index contributed by atoms with van der Waals surface area (Å²) in [5, 5.41) is 0. The van der Waals surface area contributed by atoms with Gasteiger partial charge in [0.05, 0.1) is 26.0 Å². The number of nitrogens with zero attached hydrogens (tertiary/aromatic N) is 1. The lowest BCUT2D eigenvalue weighted by atomic mass is 9.95. The van der Waals surface area contributed by atoms with Crippen molar-refractivity contribution < 1.29 is 36.6 Å². The lowest BCUT2D eigenvalue weighted by Crippen LogP contribution is -2.36. The summed E-state index contributed by atoms with van der Waals surface area (Å²) >= 11 is 0. The van der Waals surface area contributed by atoms with Crippen LogP contribution >= 0.6 is 0 Å². The largest absolute Gasteiger partial charge is 0.573 e. The zero-order valence-electron chi connectivity index (χ0n) is 16.8. The van der Waals surface area contributed by atoms with Gasteiger partial charge in [-0.05, 0) is 48.2 Å². The van der Waals surface area contributed by atoms with Crippen LogP contribution in [0, 0.1) is 11.7 Å². The van der Waals surface area contributed by atoms with Gasteiger partial charge in [0.25, 0.3) is 0 Å². The Labute approximate surface area is 176 Å². The molecular weight excluding hydrogens is 418 g/mol. The van der Waals surface area contributed by atoms with E-state index in [4.69, 9.17) is 9.47 Å². The van der Waals surface area contributed by atoms with Gasteiger partial charge in [0, 0.05) is 30.6 Å². The second kappa shape index (κ2) is 8.37. The minimum absolute atomic E-state index is 0.106. The number of benzene rings is 2. The minimum Gasteiger partial charge on any atom is -0.495 e. The zero-order chi connectivity index (χ0) is 22.2. The van der Waals surface area contributed by atoms with Crippen molar-refractivity contribution in [3.05, 3.63) is 52.8 Å². The molecule has 31 heavy (non-hydrogen) atoms. The monoisotopic (exact) mass is 439 g/mol. The van der Waals surface area contributed by atoms with Crippen molar-refractivity contribution in [3.8, 4) is 11.5 Å². The quantitative estimate of drug-likeness (QED) is 0.655. The Hall–Kier alpha value is -2.81. The molecule has 1 fully saturated rings. The van der Waals surface area contributed by atoms with E-state index in [0.717, 1.165) is 23.4 Å². The maximum atomic E-state index is 13.8. The summed E-state index contributed by atoms with van der Waals surface area (Å²) in [5.41, 5.74) is 2.53. The summed E-state index contributed by atoms with van der Waals surface area (Å²) in [6.45, 7) is 2.61. The fraction of sp³-hybridized carbons (Fsp3) is 0.409. The van der Waals surface area contributed by atoms with Gasteiger partial charge in [-0.25, -0.2) is 4.39 Å². The van der Waals surface area contributed by atoms with Gasteiger partial charge in [-0.2, -0.15) is 0 Å². The molecule has 2 aromatic carbocycles.